The molecule has 1 rings (SSSR count). The summed E-state index contributed by atoms with van der Waals surface area (Å²) in [6.45, 7) is 6.24. The molecule has 0 saturated heterocycles. The Hall–Kier alpha value is -0.860. The zero-order valence-corrected chi connectivity index (χ0v) is 9.13. The Morgan fingerprint density at radius 2 is 2.21 bits per heavy atom. The van der Waals surface area contributed by atoms with Gasteiger partial charge in [-0.2, -0.15) is 0 Å². The van der Waals surface area contributed by atoms with Gasteiger partial charge in [0.25, 0.3) is 0 Å². The van der Waals surface area contributed by atoms with Gasteiger partial charge in [-0.3, -0.25) is 9.59 Å². The summed E-state index contributed by atoms with van der Waals surface area (Å²) in [5, 5.41) is 0. The van der Waals surface area contributed by atoms with Crippen LogP contribution in [0.4, 0.5) is 0 Å². The number of Topliss-reactive ketones (excluding diaryl/α,β-unsaturated/α-hetero) is 1. The molecule has 0 aromatic rings. The molecule has 0 aliphatic heterocycles. The molecule has 0 N–H and O–H groups in total. The minimum atomic E-state index is -0.497. The number of hydrogen-bond acceptors (Lipinski definition) is 3. The number of carbonyl (C=O) groups excluding carboxylic acids is 2. The fourth-order valence-corrected chi connectivity index (χ4v) is 1.87. The molecule has 1 aliphatic carbocycles. The van der Waals surface area contributed by atoms with E-state index < -0.39 is 5.92 Å². The molecule has 3 heteroatoms. The van der Waals surface area contributed by atoms with Crippen LogP contribution >= 0.6 is 0 Å². The van der Waals surface area contributed by atoms with Crippen LogP contribution in [0.1, 0.15) is 40.0 Å². The summed E-state index contributed by atoms with van der Waals surface area (Å²) in [6, 6.07) is 0. The van der Waals surface area contributed by atoms with E-state index in [1.165, 1.54) is 0 Å². The van der Waals surface area contributed by atoms with E-state index >= 15 is 0 Å². The third-order valence-electron chi connectivity index (χ3n) is 2.72. The standard InChI is InChI=1S/C11H18O3/c1-4-14-10(13)8-5-6-11(2,3)7-9(8)12/h8H,4-7H2,1-3H3. The largest absolute Gasteiger partial charge is 0.465 e. The molecule has 80 valence electrons. The van der Waals surface area contributed by atoms with Crippen molar-refractivity contribution in [2.24, 2.45) is 11.3 Å². The van der Waals surface area contributed by atoms with E-state index in [0.29, 0.717) is 19.4 Å². The van der Waals surface area contributed by atoms with Crippen LogP contribution in [0.5, 0.6) is 0 Å². The smallest absolute Gasteiger partial charge is 0.316 e. The first-order valence-corrected chi connectivity index (χ1v) is 5.15. The lowest BCUT2D eigenvalue weighted by molar-refractivity contribution is -0.154. The summed E-state index contributed by atoms with van der Waals surface area (Å²) in [5.74, 6) is -0.796. The molecule has 1 unspecified atom stereocenters. The third kappa shape index (κ3) is 2.56. The Bertz CT molecular complexity index is 243. The average Bonchev–Trinajstić information content (AvgIpc) is 2.02. The number of hydrogen-bond donors (Lipinski definition) is 0. The van der Waals surface area contributed by atoms with Gasteiger partial charge in [0.2, 0.25) is 0 Å². The van der Waals surface area contributed by atoms with Gasteiger partial charge in [-0.15, -0.1) is 0 Å². The second-order valence-electron chi connectivity index (χ2n) is 4.65. The van der Waals surface area contributed by atoms with E-state index in [1.807, 2.05) is 0 Å². The maximum Gasteiger partial charge on any atom is 0.316 e. The zero-order chi connectivity index (χ0) is 10.8. The van der Waals surface area contributed by atoms with Crippen molar-refractivity contribution >= 4 is 11.8 Å². The number of carbonyl (C=O) groups is 2. The van der Waals surface area contributed by atoms with Crippen LogP contribution in [-0.2, 0) is 14.3 Å². The first kappa shape index (κ1) is 11.2. The lowest BCUT2D eigenvalue weighted by Crippen LogP contribution is -2.35. The monoisotopic (exact) mass is 198 g/mol. The quantitative estimate of drug-likeness (QED) is 0.503. The highest BCUT2D eigenvalue weighted by Crippen LogP contribution is 2.36. The summed E-state index contributed by atoms with van der Waals surface area (Å²) in [4.78, 5) is 23.0. The van der Waals surface area contributed by atoms with E-state index in [2.05, 4.69) is 13.8 Å². The van der Waals surface area contributed by atoms with Crippen LogP contribution < -0.4 is 0 Å². The molecule has 1 atom stereocenters. The van der Waals surface area contributed by atoms with Crippen molar-refractivity contribution in [3.05, 3.63) is 0 Å². The second-order valence-corrected chi connectivity index (χ2v) is 4.65. The molecule has 1 saturated carbocycles. The Labute approximate surface area is 84.8 Å². The maximum absolute atomic E-state index is 11.6. The first-order chi connectivity index (χ1) is 6.46. The van der Waals surface area contributed by atoms with E-state index in [-0.39, 0.29) is 17.2 Å². The molecule has 3 nitrogen and oxygen atoms in total. The number of ketones is 1. The lowest BCUT2D eigenvalue weighted by Gasteiger charge is -2.31. The predicted molar refractivity (Wildman–Crippen MR) is 52.8 cm³/mol. The van der Waals surface area contributed by atoms with Gasteiger partial charge in [0.15, 0.2) is 0 Å². The Morgan fingerprint density at radius 3 is 2.71 bits per heavy atom. The SMILES string of the molecule is CCOC(=O)C1CCC(C)(C)CC1=O. The van der Waals surface area contributed by atoms with Gasteiger partial charge in [0, 0.05) is 6.42 Å². The van der Waals surface area contributed by atoms with Crippen LogP contribution in [0.2, 0.25) is 0 Å². The molecule has 0 bridgehead atoms. The summed E-state index contributed by atoms with van der Waals surface area (Å²) in [6.07, 6.45) is 2.06. The number of rotatable bonds is 2. The highest BCUT2D eigenvalue weighted by molar-refractivity contribution is 5.99. The fourth-order valence-electron chi connectivity index (χ4n) is 1.87. The highest BCUT2D eigenvalue weighted by atomic mass is 16.5. The van der Waals surface area contributed by atoms with Gasteiger partial charge in [0.1, 0.15) is 11.7 Å². The average molecular weight is 198 g/mol. The van der Waals surface area contributed by atoms with E-state index in [0.717, 1.165) is 6.42 Å². The van der Waals surface area contributed by atoms with Crippen molar-refractivity contribution in [1.29, 1.82) is 0 Å². The number of ether oxygens (including phenoxy) is 1. The van der Waals surface area contributed by atoms with Gasteiger partial charge < -0.3 is 4.74 Å². The lowest BCUT2D eigenvalue weighted by atomic mass is 9.72. The molecular weight excluding hydrogens is 180 g/mol. The molecule has 1 aliphatic rings. The van der Waals surface area contributed by atoms with Crippen LogP contribution in [0.25, 0.3) is 0 Å². The van der Waals surface area contributed by atoms with Crippen molar-refractivity contribution in [1.82, 2.24) is 0 Å². The van der Waals surface area contributed by atoms with E-state index in [1.54, 1.807) is 6.92 Å². The molecule has 0 aromatic heterocycles. The highest BCUT2D eigenvalue weighted by Gasteiger charge is 2.37. The summed E-state index contributed by atoms with van der Waals surface area (Å²) in [7, 11) is 0. The minimum Gasteiger partial charge on any atom is -0.465 e. The second kappa shape index (κ2) is 4.11. The fraction of sp³-hybridized carbons (Fsp3) is 0.818. The Balaban J connectivity index is 2.58. The number of esters is 1. The van der Waals surface area contributed by atoms with Gasteiger partial charge >= 0.3 is 5.97 Å². The van der Waals surface area contributed by atoms with Crippen LogP contribution in [0.15, 0.2) is 0 Å². The molecule has 0 aromatic carbocycles. The van der Waals surface area contributed by atoms with Gasteiger partial charge in [0.05, 0.1) is 6.61 Å². The first-order valence-electron chi connectivity index (χ1n) is 5.15. The maximum atomic E-state index is 11.6. The van der Waals surface area contributed by atoms with Gasteiger partial charge in [-0.05, 0) is 25.2 Å². The van der Waals surface area contributed by atoms with Crippen molar-refractivity contribution in [3.63, 3.8) is 0 Å². The molecule has 0 amide bonds. The van der Waals surface area contributed by atoms with E-state index in [9.17, 15) is 9.59 Å². The molecule has 0 radical (unpaired) electrons. The van der Waals surface area contributed by atoms with Gasteiger partial charge in [-0.25, -0.2) is 0 Å². The van der Waals surface area contributed by atoms with Crippen LogP contribution in [0.3, 0.4) is 0 Å². The van der Waals surface area contributed by atoms with Crippen LogP contribution in [0, 0.1) is 11.3 Å². The summed E-state index contributed by atoms with van der Waals surface area (Å²) >= 11 is 0. The molecule has 0 spiro atoms. The normalized spacial score (nSPS) is 25.9. The van der Waals surface area contributed by atoms with Crippen molar-refractivity contribution in [3.8, 4) is 0 Å². The zero-order valence-electron chi connectivity index (χ0n) is 9.13. The summed E-state index contributed by atoms with van der Waals surface area (Å²) in [5.41, 5.74) is 0.0556. The predicted octanol–water partition coefficient (Wildman–Crippen LogP) is 1.94. The van der Waals surface area contributed by atoms with Crippen molar-refractivity contribution < 1.29 is 14.3 Å². The minimum absolute atomic E-state index is 0.0414. The molecule has 0 heterocycles. The van der Waals surface area contributed by atoms with E-state index in [4.69, 9.17) is 4.74 Å². The van der Waals surface area contributed by atoms with Gasteiger partial charge in [-0.1, -0.05) is 13.8 Å². The van der Waals surface area contributed by atoms with Crippen molar-refractivity contribution in [2.75, 3.05) is 6.61 Å². The topological polar surface area (TPSA) is 43.4 Å². The molecule has 14 heavy (non-hydrogen) atoms. The Kier molecular flexibility index (Phi) is 3.29. The Morgan fingerprint density at radius 1 is 1.57 bits per heavy atom. The molecule has 1 fully saturated rings. The molecular formula is C11H18O3. The van der Waals surface area contributed by atoms with Crippen LogP contribution in [-0.4, -0.2) is 18.4 Å². The van der Waals surface area contributed by atoms with Crippen molar-refractivity contribution in [2.45, 2.75) is 40.0 Å². The summed E-state index contributed by atoms with van der Waals surface area (Å²) < 4.78 is 4.86. The third-order valence-corrected chi connectivity index (χ3v) is 2.72.